The number of hydrogen-bond donors (Lipinski definition) is 0. The molecule has 0 fully saturated rings. The fourth-order valence-corrected chi connectivity index (χ4v) is 3.49. The number of rotatable bonds is 4. The molecule has 2 aromatic carbocycles. The quantitative estimate of drug-likeness (QED) is 0.852. The van der Waals surface area contributed by atoms with Gasteiger partial charge in [0.15, 0.2) is 11.5 Å². The molecule has 3 heteroatoms. The molecule has 0 heterocycles. The van der Waals surface area contributed by atoms with E-state index in [2.05, 4.69) is 31.2 Å². The molecular formula is C19H22O3. The van der Waals surface area contributed by atoms with Gasteiger partial charge < -0.3 is 14.2 Å². The summed E-state index contributed by atoms with van der Waals surface area (Å²) in [6, 6.07) is 12.6. The van der Waals surface area contributed by atoms with E-state index in [-0.39, 0.29) is 0 Å². The molecule has 0 saturated heterocycles. The zero-order valence-electron chi connectivity index (χ0n) is 13.6. The molecule has 116 valence electrons. The minimum absolute atomic E-state index is 0.390. The first-order valence-corrected chi connectivity index (χ1v) is 7.56. The molecule has 3 rings (SSSR count). The lowest BCUT2D eigenvalue weighted by Crippen LogP contribution is -2.05. The Hall–Kier alpha value is -2.16. The summed E-state index contributed by atoms with van der Waals surface area (Å²) < 4.78 is 16.2. The second-order valence-electron chi connectivity index (χ2n) is 5.84. The van der Waals surface area contributed by atoms with Crippen molar-refractivity contribution < 1.29 is 14.2 Å². The van der Waals surface area contributed by atoms with Crippen LogP contribution in [-0.4, -0.2) is 21.3 Å². The predicted molar refractivity (Wildman–Crippen MR) is 87.3 cm³/mol. The molecule has 2 unspecified atom stereocenters. The number of methoxy groups -OCH3 is 3. The zero-order chi connectivity index (χ0) is 15.7. The van der Waals surface area contributed by atoms with Gasteiger partial charge in [-0.15, -0.1) is 0 Å². The van der Waals surface area contributed by atoms with Crippen molar-refractivity contribution in [1.82, 2.24) is 0 Å². The lowest BCUT2D eigenvalue weighted by atomic mass is 9.87. The van der Waals surface area contributed by atoms with Crippen LogP contribution in [0.25, 0.3) is 0 Å². The van der Waals surface area contributed by atoms with Crippen LogP contribution in [0.2, 0.25) is 0 Å². The molecule has 22 heavy (non-hydrogen) atoms. The van der Waals surface area contributed by atoms with Gasteiger partial charge in [-0.25, -0.2) is 0 Å². The minimum Gasteiger partial charge on any atom is -0.497 e. The zero-order valence-corrected chi connectivity index (χ0v) is 13.6. The van der Waals surface area contributed by atoms with Gasteiger partial charge in [-0.05, 0) is 53.3 Å². The van der Waals surface area contributed by atoms with E-state index in [4.69, 9.17) is 14.2 Å². The summed E-state index contributed by atoms with van der Waals surface area (Å²) in [5.74, 6) is 3.44. The normalized spacial score (nSPS) is 19.6. The van der Waals surface area contributed by atoms with E-state index in [0.717, 1.165) is 23.7 Å². The smallest absolute Gasteiger partial charge is 0.161 e. The highest BCUT2D eigenvalue weighted by molar-refractivity contribution is 5.53. The molecular weight excluding hydrogens is 276 g/mol. The van der Waals surface area contributed by atoms with Crippen molar-refractivity contribution in [2.45, 2.75) is 19.3 Å². The van der Waals surface area contributed by atoms with Gasteiger partial charge in [0.05, 0.1) is 21.3 Å². The number of ether oxygens (including phenoxy) is 3. The van der Waals surface area contributed by atoms with Crippen LogP contribution in [-0.2, 0) is 6.42 Å². The van der Waals surface area contributed by atoms with Gasteiger partial charge in [0.25, 0.3) is 0 Å². The summed E-state index contributed by atoms with van der Waals surface area (Å²) >= 11 is 0. The van der Waals surface area contributed by atoms with E-state index < -0.39 is 0 Å². The Labute approximate surface area is 131 Å². The van der Waals surface area contributed by atoms with E-state index >= 15 is 0 Å². The van der Waals surface area contributed by atoms with Crippen molar-refractivity contribution in [2.24, 2.45) is 5.92 Å². The Morgan fingerprint density at radius 2 is 1.50 bits per heavy atom. The molecule has 0 saturated carbocycles. The number of fused-ring (bicyclic) bond motifs is 1. The molecule has 2 aromatic rings. The van der Waals surface area contributed by atoms with Crippen molar-refractivity contribution in [3.63, 3.8) is 0 Å². The van der Waals surface area contributed by atoms with Crippen LogP contribution < -0.4 is 14.2 Å². The first-order valence-electron chi connectivity index (χ1n) is 7.56. The molecule has 0 N–H and O–H groups in total. The second-order valence-corrected chi connectivity index (χ2v) is 5.84. The van der Waals surface area contributed by atoms with Crippen LogP contribution >= 0.6 is 0 Å². The molecule has 2 atom stereocenters. The van der Waals surface area contributed by atoms with Crippen molar-refractivity contribution in [1.29, 1.82) is 0 Å². The topological polar surface area (TPSA) is 27.7 Å². The standard InChI is InChI=1S/C19H22O3/c1-12-9-14-10-17(21-3)18(22-4)11-16(14)19(12)13-5-7-15(20-2)8-6-13/h5-8,10-12,19H,9H2,1-4H3. The van der Waals surface area contributed by atoms with Crippen molar-refractivity contribution in [3.8, 4) is 17.2 Å². The highest BCUT2D eigenvalue weighted by Crippen LogP contribution is 2.46. The monoisotopic (exact) mass is 298 g/mol. The largest absolute Gasteiger partial charge is 0.497 e. The van der Waals surface area contributed by atoms with Crippen molar-refractivity contribution in [3.05, 3.63) is 53.1 Å². The maximum Gasteiger partial charge on any atom is 0.161 e. The Morgan fingerprint density at radius 3 is 2.09 bits per heavy atom. The van der Waals surface area contributed by atoms with Gasteiger partial charge in [0.2, 0.25) is 0 Å². The average molecular weight is 298 g/mol. The first kappa shape index (κ1) is 14.8. The molecule has 0 bridgehead atoms. The van der Waals surface area contributed by atoms with E-state index in [1.807, 2.05) is 12.1 Å². The molecule has 0 spiro atoms. The first-order chi connectivity index (χ1) is 10.7. The third-order valence-electron chi connectivity index (χ3n) is 4.57. The third kappa shape index (κ3) is 2.41. The number of benzene rings is 2. The van der Waals surface area contributed by atoms with Crippen LogP contribution in [0.15, 0.2) is 36.4 Å². The lowest BCUT2D eigenvalue weighted by Gasteiger charge is -2.18. The Balaban J connectivity index is 2.04. The average Bonchev–Trinajstić information content (AvgIpc) is 2.88. The maximum atomic E-state index is 5.47. The van der Waals surface area contributed by atoms with Crippen molar-refractivity contribution in [2.75, 3.05) is 21.3 Å². The van der Waals surface area contributed by atoms with Gasteiger partial charge >= 0.3 is 0 Å². The van der Waals surface area contributed by atoms with E-state index in [1.54, 1.807) is 21.3 Å². The molecule has 0 radical (unpaired) electrons. The summed E-state index contributed by atoms with van der Waals surface area (Å²) in [7, 11) is 5.06. The Kier molecular flexibility index (Phi) is 3.97. The van der Waals surface area contributed by atoms with Crippen LogP contribution in [0, 0.1) is 5.92 Å². The van der Waals surface area contributed by atoms with E-state index in [0.29, 0.717) is 11.8 Å². The minimum atomic E-state index is 0.390. The molecule has 0 amide bonds. The highest BCUT2D eigenvalue weighted by Gasteiger charge is 2.32. The predicted octanol–water partition coefficient (Wildman–Crippen LogP) is 4.04. The fourth-order valence-electron chi connectivity index (χ4n) is 3.49. The Bertz CT molecular complexity index is 661. The van der Waals surface area contributed by atoms with Gasteiger partial charge in [0.1, 0.15) is 5.75 Å². The lowest BCUT2D eigenvalue weighted by molar-refractivity contribution is 0.354. The van der Waals surface area contributed by atoms with Gasteiger partial charge in [-0.1, -0.05) is 19.1 Å². The van der Waals surface area contributed by atoms with Crippen molar-refractivity contribution >= 4 is 0 Å². The molecule has 1 aliphatic carbocycles. The number of hydrogen-bond acceptors (Lipinski definition) is 3. The maximum absolute atomic E-state index is 5.47. The van der Waals surface area contributed by atoms with Crippen LogP contribution in [0.4, 0.5) is 0 Å². The Morgan fingerprint density at radius 1 is 0.864 bits per heavy atom. The third-order valence-corrected chi connectivity index (χ3v) is 4.57. The molecule has 0 aliphatic heterocycles. The van der Waals surface area contributed by atoms with Gasteiger partial charge in [0, 0.05) is 5.92 Å². The van der Waals surface area contributed by atoms with Gasteiger partial charge in [-0.2, -0.15) is 0 Å². The summed E-state index contributed by atoms with van der Waals surface area (Å²) in [4.78, 5) is 0. The SMILES string of the molecule is COc1ccc(C2c3cc(OC)c(OC)cc3CC2C)cc1. The van der Waals surface area contributed by atoms with Crippen LogP contribution in [0.1, 0.15) is 29.5 Å². The van der Waals surface area contributed by atoms with Crippen LogP contribution in [0.5, 0.6) is 17.2 Å². The fraction of sp³-hybridized carbons (Fsp3) is 0.368. The highest BCUT2D eigenvalue weighted by atomic mass is 16.5. The second kappa shape index (κ2) is 5.91. The molecule has 1 aliphatic rings. The van der Waals surface area contributed by atoms with E-state index in [9.17, 15) is 0 Å². The molecule has 0 aromatic heterocycles. The summed E-state index contributed by atoms with van der Waals surface area (Å²) in [6.07, 6.45) is 1.06. The summed E-state index contributed by atoms with van der Waals surface area (Å²) in [6.45, 7) is 2.30. The van der Waals surface area contributed by atoms with Crippen LogP contribution in [0.3, 0.4) is 0 Å². The summed E-state index contributed by atoms with van der Waals surface area (Å²) in [5, 5.41) is 0. The van der Waals surface area contributed by atoms with Gasteiger partial charge in [-0.3, -0.25) is 0 Å². The molecule has 3 nitrogen and oxygen atoms in total. The summed E-state index contributed by atoms with van der Waals surface area (Å²) in [5.41, 5.74) is 4.01. The van der Waals surface area contributed by atoms with E-state index in [1.165, 1.54) is 16.7 Å².